The third-order valence-corrected chi connectivity index (χ3v) is 4.40. The van der Waals surface area contributed by atoms with Crippen LogP contribution in [0.5, 0.6) is 0 Å². The first-order valence-electron chi connectivity index (χ1n) is 8.76. The maximum atomic E-state index is 13.7. The first-order valence-corrected chi connectivity index (χ1v) is 8.76. The van der Waals surface area contributed by atoms with Gasteiger partial charge in [0, 0.05) is 6.42 Å². The Bertz CT molecular complexity index is 1070. The summed E-state index contributed by atoms with van der Waals surface area (Å²) < 4.78 is 19.1. The van der Waals surface area contributed by atoms with E-state index >= 15 is 0 Å². The van der Waals surface area contributed by atoms with E-state index in [0.29, 0.717) is 36.8 Å². The first-order chi connectivity index (χ1) is 13.1. The van der Waals surface area contributed by atoms with E-state index in [1.807, 2.05) is 37.1 Å². The summed E-state index contributed by atoms with van der Waals surface area (Å²) in [6, 6.07) is 12.7. The Balaban J connectivity index is 1.41. The molecule has 6 nitrogen and oxygen atoms in total. The maximum absolute atomic E-state index is 13.7. The molecule has 0 fully saturated rings. The van der Waals surface area contributed by atoms with E-state index in [0.717, 1.165) is 22.4 Å². The predicted molar refractivity (Wildman–Crippen MR) is 99.5 cm³/mol. The van der Waals surface area contributed by atoms with Crippen LogP contribution in [0.1, 0.15) is 28.7 Å². The fourth-order valence-corrected chi connectivity index (χ4v) is 3.08. The van der Waals surface area contributed by atoms with E-state index in [1.165, 1.54) is 6.07 Å². The van der Waals surface area contributed by atoms with Crippen LogP contribution < -0.4 is 0 Å². The lowest BCUT2D eigenvalue weighted by molar-refractivity contribution is 0.256. The second-order valence-corrected chi connectivity index (χ2v) is 6.70. The number of para-hydroxylation sites is 1. The predicted octanol–water partition coefficient (Wildman–Crippen LogP) is 3.62. The zero-order valence-corrected chi connectivity index (χ0v) is 15.2. The van der Waals surface area contributed by atoms with Crippen LogP contribution in [0.2, 0.25) is 0 Å². The highest BCUT2D eigenvalue weighted by atomic mass is 19.1. The van der Waals surface area contributed by atoms with Crippen molar-refractivity contribution in [3.63, 3.8) is 0 Å². The Morgan fingerprint density at radius 2 is 1.93 bits per heavy atom. The molecular weight excluding hydrogens is 345 g/mol. The van der Waals surface area contributed by atoms with E-state index in [-0.39, 0.29) is 5.82 Å². The molecule has 4 aromatic rings. The molecule has 0 saturated carbocycles. The van der Waals surface area contributed by atoms with E-state index < -0.39 is 0 Å². The Hall–Kier alpha value is -3.06. The highest BCUT2D eigenvalue weighted by Gasteiger charge is 2.13. The van der Waals surface area contributed by atoms with Gasteiger partial charge >= 0.3 is 0 Å². The summed E-state index contributed by atoms with van der Waals surface area (Å²) in [6.45, 7) is 3.16. The van der Waals surface area contributed by atoms with Crippen LogP contribution in [-0.2, 0) is 19.5 Å². The smallest absolute Gasteiger partial charge is 0.240 e. The maximum Gasteiger partial charge on any atom is 0.240 e. The third kappa shape index (κ3) is 3.88. The molecule has 2 heterocycles. The highest BCUT2D eigenvalue weighted by molar-refractivity contribution is 5.78. The fourth-order valence-electron chi connectivity index (χ4n) is 3.08. The molecule has 0 saturated heterocycles. The molecule has 0 aliphatic rings. The lowest BCUT2D eigenvalue weighted by Crippen LogP contribution is -2.18. The van der Waals surface area contributed by atoms with Crippen molar-refractivity contribution in [2.75, 3.05) is 7.05 Å². The molecule has 0 atom stereocenters. The fraction of sp³-hybridized carbons (Fsp3) is 0.250. The van der Waals surface area contributed by atoms with Gasteiger partial charge in [0.15, 0.2) is 5.82 Å². The van der Waals surface area contributed by atoms with Crippen molar-refractivity contribution >= 4 is 11.0 Å². The van der Waals surface area contributed by atoms with Crippen molar-refractivity contribution in [2.24, 2.45) is 0 Å². The largest absolute Gasteiger partial charge is 0.341 e. The van der Waals surface area contributed by atoms with Gasteiger partial charge in [0.2, 0.25) is 5.89 Å². The molecule has 1 N–H and O–H groups in total. The van der Waals surface area contributed by atoms with Crippen LogP contribution in [0.4, 0.5) is 4.39 Å². The van der Waals surface area contributed by atoms with Crippen molar-refractivity contribution in [2.45, 2.75) is 26.4 Å². The van der Waals surface area contributed by atoms with Crippen LogP contribution >= 0.6 is 0 Å². The molecule has 4 rings (SSSR count). The average Bonchev–Trinajstić information content (AvgIpc) is 3.24. The normalized spacial score (nSPS) is 11.6. The van der Waals surface area contributed by atoms with Crippen molar-refractivity contribution in [1.82, 2.24) is 25.0 Å². The zero-order valence-electron chi connectivity index (χ0n) is 15.2. The molecular formula is C20H20FN5O. The summed E-state index contributed by atoms with van der Waals surface area (Å²) in [6.07, 6.45) is 0.308. The number of aromatic amines is 1. The van der Waals surface area contributed by atoms with Crippen LogP contribution in [-0.4, -0.2) is 32.1 Å². The standard InChI is InChI=1S/C20H20FN5O/c1-13-6-5-9-16-20(13)24-18(22-16)11-26(2)12-19-23-17(25-27-19)10-14-7-3-4-8-15(14)21/h3-9H,10-12H2,1-2H3,(H,22,24). The minimum Gasteiger partial charge on any atom is -0.341 e. The number of aryl methyl sites for hydroxylation is 1. The molecule has 0 bridgehead atoms. The molecule has 7 heteroatoms. The number of nitrogens with one attached hydrogen (secondary N) is 1. The Labute approximate surface area is 156 Å². The van der Waals surface area contributed by atoms with E-state index in [4.69, 9.17) is 4.52 Å². The Kier molecular flexibility index (Phi) is 4.68. The summed E-state index contributed by atoms with van der Waals surface area (Å²) in [5.41, 5.74) is 3.72. The van der Waals surface area contributed by atoms with Crippen LogP contribution in [0.15, 0.2) is 47.0 Å². The van der Waals surface area contributed by atoms with Crippen molar-refractivity contribution in [1.29, 1.82) is 0 Å². The SMILES string of the molecule is Cc1cccc2[nH]c(CN(C)Cc3nc(Cc4ccccc4F)no3)nc12. The molecule has 2 aromatic heterocycles. The minimum atomic E-state index is -0.263. The van der Waals surface area contributed by atoms with E-state index in [9.17, 15) is 4.39 Å². The van der Waals surface area contributed by atoms with Gasteiger partial charge in [-0.1, -0.05) is 35.5 Å². The Morgan fingerprint density at radius 3 is 2.74 bits per heavy atom. The molecule has 0 amide bonds. The van der Waals surface area contributed by atoms with Gasteiger partial charge in [-0.25, -0.2) is 9.37 Å². The number of fused-ring (bicyclic) bond motifs is 1. The summed E-state index contributed by atoms with van der Waals surface area (Å²) in [5, 5.41) is 3.96. The summed E-state index contributed by atoms with van der Waals surface area (Å²) in [4.78, 5) is 14.4. The molecule has 27 heavy (non-hydrogen) atoms. The van der Waals surface area contributed by atoms with E-state index in [1.54, 1.807) is 18.2 Å². The van der Waals surface area contributed by atoms with Crippen LogP contribution in [0, 0.1) is 12.7 Å². The first kappa shape index (κ1) is 17.4. The van der Waals surface area contributed by atoms with Crippen LogP contribution in [0.25, 0.3) is 11.0 Å². The number of imidazole rings is 1. The number of nitrogens with zero attached hydrogens (tertiary/aromatic N) is 4. The second-order valence-electron chi connectivity index (χ2n) is 6.70. The van der Waals surface area contributed by atoms with Gasteiger partial charge in [-0.3, -0.25) is 4.90 Å². The molecule has 0 spiro atoms. The number of aromatic nitrogens is 4. The number of hydrogen-bond acceptors (Lipinski definition) is 5. The van der Waals surface area contributed by atoms with Crippen LogP contribution in [0.3, 0.4) is 0 Å². The third-order valence-electron chi connectivity index (χ3n) is 4.40. The summed E-state index contributed by atoms with van der Waals surface area (Å²) >= 11 is 0. The number of H-pyrrole nitrogens is 1. The Morgan fingerprint density at radius 1 is 1.07 bits per heavy atom. The minimum absolute atomic E-state index is 0.263. The monoisotopic (exact) mass is 365 g/mol. The average molecular weight is 365 g/mol. The quantitative estimate of drug-likeness (QED) is 0.565. The van der Waals surface area contributed by atoms with Crippen molar-refractivity contribution in [3.05, 3.63) is 76.9 Å². The van der Waals surface area contributed by atoms with Crippen molar-refractivity contribution in [3.8, 4) is 0 Å². The molecule has 0 aliphatic heterocycles. The van der Waals surface area contributed by atoms with Gasteiger partial charge in [0.25, 0.3) is 0 Å². The second kappa shape index (κ2) is 7.28. The van der Waals surface area contributed by atoms with Gasteiger partial charge in [-0.05, 0) is 37.2 Å². The molecule has 0 aliphatic carbocycles. The number of hydrogen-bond donors (Lipinski definition) is 1. The highest BCUT2D eigenvalue weighted by Crippen LogP contribution is 2.17. The number of benzene rings is 2. The molecule has 0 radical (unpaired) electrons. The van der Waals surface area contributed by atoms with Gasteiger partial charge < -0.3 is 9.51 Å². The number of halogens is 1. The van der Waals surface area contributed by atoms with Crippen molar-refractivity contribution < 1.29 is 8.91 Å². The topological polar surface area (TPSA) is 70.8 Å². The van der Waals surface area contributed by atoms with E-state index in [2.05, 4.69) is 20.1 Å². The van der Waals surface area contributed by atoms with Gasteiger partial charge in [-0.15, -0.1) is 0 Å². The lowest BCUT2D eigenvalue weighted by Gasteiger charge is -2.11. The molecule has 2 aromatic carbocycles. The zero-order chi connectivity index (χ0) is 18.8. The molecule has 0 unspecified atom stereocenters. The lowest BCUT2D eigenvalue weighted by atomic mass is 10.1. The van der Waals surface area contributed by atoms with Gasteiger partial charge in [0.05, 0.1) is 24.1 Å². The van der Waals surface area contributed by atoms with Gasteiger partial charge in [-0.2, -0.15) is 4.98 Å². The summed E-state index contributed by atoms with van der Waals surface area (Å²) in [5.74, 6) is 1.59. The molecule has 138 valence electrons. The number of rotatable bonds is 6. The summed E-state index contributed by atoms with van der Waals surface area (Å²) in [7, 11) is 1.96. The van der Waals surface area contributed by atoms with Gasteiger partial charge in [0.1, 0.15) is 11.6 Å².